The highest BCUT2D eigenvalue weighted by Gasteiger charge is 2.30. The first-order chi connectivity index (χ1) is 8.62. The summed E-state index contributed by atoms with van der Waals surface area (Å²) in [7, 11) is 1.92. The van der Waals surface area contributed by atoms with Crippen LogP contribution in [0.3, 0.4) is 0 Å². The van der Waals surface area contributed by atoms with Crippen LogP contribution in [0.1, 0.15) is 52.8 Å². The van der Waals surface area contributed by atoms with Crippen molar-refractivity contribution in [3.05, 3.63) is 30.0 Å². The van der Waals surface area contributed by atoms with E-state index in [-0.39, 0.29) is 10.8 Å². The zero-order chi connectivity index (χ0) is 14.8. The molecule has 0 aliphatic carbocycles. The van der Waals surface area contributed by atoms with E-state index in [1.165, 1.54) is 11.3 Å². The molecule has 0 saturated carbocycles. The molecule has 0 amide bonds. The van der Waals surface area contributed by atoms with Crippen LogP contribution >= 0.6 is 0 Å². The number of allylic oxidation sites excluding steroid dienone is 1. The van der Waals surface area contributed by atoms with Crippen LogP contribution in [0.25, 0.3) is 0 Å². The van der Waals surface area contributed by atoms with Gasteiger partial charge in [0.15, 0.2) is 0 Å². The summed E-state index contributed by atoms with van der Waals surface area (Å²) in [6, 6.07) is 2.20. The maximum absolute atomic E-state index is 4.51. The molecule has 0 aliphatic heterocycles. The number of aromatic nitrogens is 1. The summed E-state index contributed by atoms with van der Waals surface area (Å²) in [5, 5.41) is 7.73. The van der Waals surface area contributed by atoms with E-state index < -0.39 is 0 Å². The molecular weight excluding hydrogens is 234 g/mol. The molecule has 1 aromatic rings. The summed E-state index contributed by atoms with van der Waals surface area (Å²) in [6.07, 6.45) is 3.42. The molecule has 0 saturated heterocycles. The standard InChI is InChI=1S/C16H27N3/c1-9-10-18-19-13(17-8)11-12(15(2,3)4)14(19)16(5,6)7/h9-11,17H,1H2,2-8H3/b18-10-. The minimum atomic E-state index is 0.0240. The van der Waals surface area contributed by atoms with Crippen molar-refractivity contribution in [2.75, 3.05) is 12.4 Å². The topological polar surface area (TPSA) is 29.3 Å². The van der Waals surface area contributed by atoms with Gasteiger partial charge in [0, 0.05) is 18.7 Å². The van der Waals surface area contributed by atoms with E-state index in [4.69, 9.17) is 0 Å². The fourth-order valence-electron chi connectivity index (χ4n) is 2.21. The molecule has 19 heavy (non-hydrogen) atoms. The van der Waals surface area contributed by atoms with E-state index in [0.717, 1.165) is 5.82 Å². The molecular formula is C16H27N3. The number of hydrogen-bond donors (Lipinski definition) is 1. The van der Waals surface area contributed by atoms with Gasteiger partial charge in [0.1, 0.15) is 5.82 Å². The van der Waals surface area contributed by atoms with Crippen LogP contribution in [0.2, 0.25) is 0 Å². The SMILES string of the molecule is C=C/C=N\n1c(NC)cc(C(C)(C)C)c1C(C)(C)C. The van der Waals surface area contributed by atoms with Crippen molar-refractivity contribution < 1.29 is 0 Å². The van der Waals surface area contributed by atoms with Gasteiger partial charge in [-0.25, -0.2) is 4.68 Å². The van der Waals surface area contributed by atoms with E-state index >= 15 is 0 Å². The largest absolute Gasteiger partial charge is 0.373 e. The highest BCUT2D eigenvalue weighted by atomic mass is 15.4. The van der Waals surface area contributed by atoms with Gasteiger partial charge in [-0.3, -0.25) is 0 Å². The Bertz CT molecular complexity index is 479. The average Bonchev–Trinajstić information content (AvgIpc) is 2.63. The Morgan fingerprint density at radius 3 is 2.11 bits per heavy atom. The van der Waals surface area contributed by atoms with Gasteiger partial charge < -0.3 is 5.32 Å². The van der Waals surface area contributed by atoms with Gasteiger partial charge in [-0.15, -0.1) is 0 Å². The van der Waals surface area contributed by atoms with Crippen molar-refractivity contribution in [2.24, 2.45) is 5.10 Å². The van der Waals surface area contributed by atoms with Gasteiger partial charge >= 0.3 is 0 Å². The summed E-state index contributed by atoms with van der Waals surface area (Å²) in [6.45, 7) is 17.1. The third-order valence-corrected chi connectivity index (χ3v) is 3.04. The molecule has 0 fully saturated rings. The molecule has 3 nitrogen and oxygen atoms in total. The summed E-state index contributed by atoms with van der Waals surface area (Å²) in [5.74, 6) is 1.01. The van der Waals surface area contributed by atoms with Gasteiger partial charge in [0.25, 0.3) is 0 Å². The number of nitrogens with zero attached hydrogens (tertiary/aromatic N) is 2. The van der Waals surface area contributed by atoms with E-state index in [0.29, 0.717) is 0 Å². The second-order valence-corrected chi connectivity index (χ2v) is 6.85. The van der Waals surface area contributed by atoms with Crippen LogP contribution in [-0.4, -0.2) is 17.9 Å². The first-order valence-corrected chi connectivity index (χ1v) is 6.72. The van der Waals surface area contributed by atoms with Gasteiger partial charge in [0.05, 0.1) is 5.69 Å². The first kappa shape index (κ1) is 15.5. The summed E-state index contributed by atoms with van der Waals surface area (Å²) in [5.41, 5.74) is 2.67. The maximum atomic E-state index is 4.51. The van der Waals surface area contributed by atoms with E-state index in [1.807, 2.05) is 11.7 Å². The lowest BCUT2D eigenvalue weighted by Gasteiger charge is -2.27. The van der Waals surface area contributed by atoms with Crippen molar-refractivity contribution in [1.82, 2.24) is 4.68 Å². The van der Waals surface area contributed by atoms with Crippen molar-refractivity contribution in [3.63, 3.8) is 0 Å². The molecule has 0 spiro atoms. The van der Waals surface area contributed by atoms with Crippen molar-refractivity contribution in [3.8, 4) is 0 Å². The lowest BCUT2D eigenvalue weighted by Crippen LogP contribution is -2.23. The summed E-state index contributed by atoms with van der Waals surface area (Å²) in [4.78, 5) is 0. The Kier molecular flexibility index (Phi) is 4.28. The summed E-state index contributed by atoms with van der Waals surface area (Å²) >= 11 is 0. The van der Waals surface area contributed by atoms with Crippen LogP contribution in [0.5, 0.6) is 0 Å². The Morgan fingerprint density at radius 2 is 1.74 bits per heavy atom. The second-order valence-electron chi connectivity index (χ2n) is 6.85. The molecule has 0 atom stereocenters. The third-order valence-electron chi connectivity index (χ3n) is 3.04. The molecule has 0 aliphatic rings. The maximum Gasteiger partial charge on any atom is 0.127 e. The minimum Gasteiger partial charge on any atom is -0.373 e. The Labute approximate surface area is 117 Å². The van der Waals surface area contributed by atoms with E-state index in [9.17, 15) is 0 Å². The zero-order valence-corrected chi connectivity index (χ0v) is 13.3. The molecule has 0 bridgehead atoms. The zero-order valence-electron chi connectivity index (χ0n) is 13.3. The van der Waals surface area contributed by atoms with Crippen LogP contribution in [0.15, 0.2) is 23.8 Å². The molecule has 1 N–H and O–H groups in total. The Morgan fingerprint density at radius 1 is 1.16 bits per heavy atom. The second kappa shape index (κ2) is 5.24. The highest BCUT2D eigenvalue weighted by Crippen LogP contribution is 2.37. The predicted molar refractivity (Wildman–Crippen MR) is 85.5 cm³/mol. The fraction of sp³-hybridized carbons (Fsp3) is 0.562. The van der Waals surface area contributed by atoms with Gasteiger partial charge in [-0.05, 0) is 23.1 Å². The molecule has 1 heterocycles. The van der Waals surface area contributed by atoms with Gasteiger partial charge in [-0.2, -0.15) is 5.10 Å². The van der Waals surface area contributed by atoms with Crippen molar-refractivity contribution in [1.29, 1.82) is 0 Å². The van der Waals surface area contributed by atoms with Crippen molar-refractivity contribution in [2.45, 2.75) is 52.4 Å². The molecule has 1 aromatic heterocycles. The van der Waals surface area contributed by atoms with Crippen LogP contribution in [0.4, 0.5) is 5.82 Å². The molecule has 0 unspecified atom stereocenters. The normalized spacial score (nSPS) is 13.0. The predicted octanol–water partition coefficient (Wildman–Crippen LogP) is 4.14. The monoisotopic (exact) mass is 261 g/mol. The molecule has 0 aromatic carbocycles. The lowest BCUT2D eigenvalue weighted by atomic mass is 9.79. The summed E-state index contributed by atoms with van der Waals surface area (Å²) < 4.78 is 1.99. The van der Waals surface area contributed by atoms with Gasteiger partial charge in [-0.1, -0.05) is 48.1 Å². The third kappa shape index (κ3) is 3.28. The van der Waals surface area contributed by atoms with Crippen LogP contribution in [-0.2, 0) is 10.8 Å². The number of rotatable bonds is 3. The fourth-order valence-corrected chi connectivity index (χ4v) is 2.21. The van der Waals surface area contributed by atoms with Gasteiger partial charge in [0.2, 0.25) is 0 Å². The number of anilines is 1. The molecule has 1 rings (SSSR count). The average molecular weight is 261 g/mol. The van der Waals surface area contributed by atoms with E-state index in [1.54, 1.807) is 12.3 Å². The number of hydrogen-bond acceptors (Lipinski definition) is 2. The lowest BCUT2D eigenvalue weighted by molar-refractivity contribution is 0.500. The first-order valence-electron chi connectivity index (χ1n) is 6.72. The smallest absolute Gasteiger partial charge is 0.127 e. The minimum absolute atomic E-state index is 0.0240. The molecule has 0 radical (unpaired) electrons. The van der Waals surface area contributed by atoms with E-state index in [2.05, 4.69) is 64.6 Å². The molecule has 106 valence electrons. The number of nitrogens with one attached hydrogen (secondary N) is 1. The Hall–Kier alpha value is -1.51. The highest BCUT2D eigenvalue weighted by molar-refractivity contribution is 5.70. The van der Waals surface area contributed by atoms with Crippen molar-refractivity contribution >= 4 is 12.0 Å². The quantitative estimate of drug-likeness (QED) is 0.814. The molecule has 3 heteroatoms. The van der Waals surface area contributed by atoms with Crippen LogP contribution in [0, 0.1) is 0 Å². The van der Waals surface area contributed by atoms with Crippen LogP contribution < -0.4 is 5.32 Å². The Balaban J connectivity index is 3.64.